The first-order chi connectivity index (χ1) is 21.8. The summed E-state index contributed by atoms with van der Waals surface area (Å²) < 4.78 is 35.2. The van der Waals surface area contributed by atoms with Gasteiger partial charge in [-0.1, -0.05) is 82.2 Å². The summed E-state index contributed by atoms with van der Waals surface area (Å²) in [5, 5.41) is 0. The van der Waals surface area contributed by atoms with Crippen LogP contribution in [0.5, 0.6) is 34.5 Å². The van der Waals surface area contributed by atoms with Crippen LogP contribution in [0.2, 0.25) is 0 Å². The third-order valence-electron chi connectivity index (χ3n) is 8.15. The maximum Gasteiger partial charge on any atom is 0.203 e. The zero-order chi connectivity index (χ0) is 32.8. The van der Waals surface area contributed by atoms with Crippen LogP contribution < -0.4 is 28.4 Å². The molecule has 0 bridgehead atoms. The fourth-order valence-corrected chi connectivity index (χ4v) is 5.13. The Kier molecular flexibility index (Phi) is 14.2. The van der Waals surface area contributed by atoms with Gasteiger partial charge in [0, 0.05) is 0 Å². The smallest absolute Gasteiger partial charge is 0.203 e. The Bertz CT molecular complexity index is 1340. The van der Waals surface area contributed by atoms with E-state index in [4.69, 9.17) is 28.4 Å². The van der Waals surface area contributed by atoms with Crippen molar-refractivity contribution >= 4 is 24.3 Å². The molecule has 0 aliphatic heterocycles. The van der Waals surface area contributed by atoms with Gasteiger partial charge >= 0.3 is 0 Å². The van der Waals surface area contributed by atoms with Crippen LogP contribution in [0.25, 0.3) is 24.3 Å². The molecule has 244 valence electrons. The highest BCUT2D eigenvalue weighted by Crippen LogP contribution is 2.41. The molecule has 0 saturated carbocycles. The van der Waals surface area contributed by atoms with Crippen LogP contribution in [0.3, 0.4) is 0 Å². The van der Waals surface area contributed by atoms with Crippen molar-refractivity contribution in [3.8, 4) is 34.5 Å². The molecule has 3 unspecified atom stereocenters. The second kappa shape index (κ2) is 18.0. The van der Waals surface area contributed by atoms with Gasteiger partial charge in [-0.2, -0.15) is 0 Å². The first kappa shape index (κ1) is 35.4. The molecule has 6 nitrogen and oxygen atoms in total. The largest absolute Gasteiger partial charge is 0.493 e. The lowest BCUT2D eigenvalue weighted by atomic mass is 9.94. The quantitative estimate of drug-likeness (QED) is 0.133. The minimum Gasteiger partial charge on any atom is -0.493 e. The molecule has 0 spiro atoms. The highest BCUT2D eigenvalue weighted by molar-refractivity contribution is 5.75. The Morgan fingerprint density at radius 3 is 1.31 bits per heavy atom. The lowest BCUT2D eigenvalue weighted by molar-refractivity contribution is 0.130. The van der Waals surface area contributed by atoms with Crippen molar-refractivity contribution in [1.82, 2.24) is 0 Å². The zero-order valence-electron chi connectivity index (χ0n) is 28.6. The molecule has 45 heavy (non-hydrogen) atoms. The van der Waals surface area contributed by atoms with Gasteiger partial charge in [-0.15, -0.1) is 0 Å². The van der Waals surface area contributed by atoms with Gasteiger partial charge in [-0.3, -0.25) is 0 Å². The van der Waals surface area contributed by atoms with Crippen molar-refractivity contribution in [2.24, 2.45) is 5.92 Å². The average Bonchev–Trinajstić information content (AvgIpc) is 3.07. The normalized spacial score (nSPS) is 13.4. The number of hydrogen-bond acceptors (Lipinski definition) is 6. The predicted molar refractivity (Wildman–Crippen MR) is 187 cm³/mol. The van der Waals surface area contributed by atoms with E-state index in [1.165, 1.54) is 12.8 Å². The first-order valence-electron chi connectivity index (χ1n) is 16.1. The molecular weight excluding hydrogens is 564 g/mol. The van der Waals surface area contributed by atoms with Crippen LogP contribution in [-0.4, -0.2) is 40.6 Å². The molecular formula is C39H52O6. The van der Waals surface area contributed by atoms with Crippen molar-refractivity contribution in [2.75, 3.05) is 28.4 Å². The van der Waals surface area contributed by atoms with Gasteiger partial charge in [0.05, 0.1) is 40.6 Å². The number of methoxy groups -OCH3 is 4. The van der Waals surface area contributed by atoms with E-state index in [1.54, 1.807) is 28.4 Å². The van der Waals surface area contributed by atoms with Crippen molar-refractivity contribution in [3.63, 3.8) is 0 Å². The van der Waals surface area contributed by atoms with E-state index in [0.717, 1.165) is 41.5 Å². The number of benzene rings is 3. The van der Waals surface area contributed by atoms with Crippen molar-refractivity contribution in [1.29, 1.82) is 0 Å². The van der Waals surface area contributed by atoms with Crippen LogP contribution in [0, 0.1) is 5.92 Å². The van der Waals surface area contributed by atoms with Crippen LogP contribution >= 0.6 is 0 Å². The van der Waals surface area contributed by atoms with E-state index in [0.29, 0.717) is 40.4 Å². The fourth-order valence-electron chi connectivity index (χ4n) is 5.13. The second-order valence-corrected chi connectivity index (χ2v) is 11.3. The zero-order valence-corrected chi connectivity index (χ0v) is 28.6. The van der Waals surface area contributed by atoms with Crippen LogP contribution in [-0.2, 0) is 0 Å². The highest BCUT2D eigenvalue weighted by Gasteiger charge is 2.22. The Balaban J connectivity index is 1.75. The summed E-state index contributed by atoms with van der Waals surface area (Å²) in [5.41, 5.74) is 4.08. The highest BCUT2D eigenvalue weighted by atomic mass is 16.5. The number of ether oxygens (including phenoxy) is 6. The molecule has 3 atom stereocenters. The summed E-state index contributed by atoms with van der Waals surface area (Å²) in [6, 6.07) is 16.3. The van der Waals surface area contributed by atoms with E-state index in [-0.39, 0.29) is 12.2 Å². The average molecular weight is 617 g/mol. The molecule has 0 saturated heterocycles. The maximum absolute atomic E-state index is 6.44. The van der Waals surface area contributed by atoms with Crippen LogP contribution in [0.15, 0.2) is 48.5 Å². The molecule has 3 aromatic rings. The molecule has 3 aromatic carbocycles. The van der Waals surface area contributed by atoms with Gasteiger partial charge in [-0.25, -0.2) is 0 Å². The summed E-state index contributed by atoms with van der Waals surface area (Å²) in [7, 11) is 6.62. The molecule has 0 aromatic heterocycles. The number of unbranched alkanes of at least 4 members (excludes halogenated alkanes) is 1. The van der Waals surface area contributed by atoms with E-state index >= 15 is 0 Å². The van der Waals surface area contributed by atoms with Crippen LogP contribution in [0.1, 0.15) is 89.0 Å². The standard InChI is InChI=1S/C39H52O6/c1-10-13-14-33(12-3)28(5)45-39-36(42-8)25-32(26-37(39)43-9)22-20-30-17-15-29(16-18-30)19-21-31-23-34(40-6)38(35(24-31)41-7)44-27(4)11-2/h15-28,33H,10-14H2,1-9H3/b21-19+,22-20+. The van der Waals surface area contributed by atoms with Crippen LogP contribution in [0.4, 0.5) is 0 Å². The molecule has 3 rings (SSSR count). The minimum atomic E-state index is 0.0572. The predicted octanol–water partition coefficient (Wildman–Crippen LogP) is 10.2. The Labute approximate surface area is 271 Å². The Morgan fingerprint density at radius 1 is 0.556 bits per heavy atom. The van der Waals surface area contributed by atoms with Gasteiger partial charge < -0.3 is 28.4 Å². The van der Waals surface area contributed by atoms with Crippen molar-refractivity contribution < 1.29 is 28.4 Å². The van der Waals surface area contributed by atoms with Gasteiger partial charge in [0.2, 0.25) is 11.5 Å². The van der Waals surface area contributed by atoms with Gasteiger partial charge in [-0.05, 0) is 85.5 Å². The summed E-state index contributed by atoms with van der Waals surface area (Å²) in [5.74, 6) is 4.39. The minimum absolute atomic E-state index is 0.0572. The summed E-state index contributed by atoms with van der Waals surface area (Å²) >= 11 is 0. The van der Waals surface area contributed by atoms with E-state index in [1.807, 2.05) is 37.3 Å². The summed E-state index contributed by atoms with van der Waals surface area (Å²) in [6.45, 7) is 10.7. The third-order valence-corrected chi connectivity index (χ3v) is 8.15. The fraction of sp³-hybridized carbons (Fsp3) is 0.436. The lowest BCUT2D eigenvalue weighted by Crippen LogP contribution is -2.23. The molecule has 0 fully saturated rings. The second-order valence-electron chi connectivity index (χ2n) is 11.3. The van der Waals surface area contributed by atoms with E-state index < -0.39 is 0 Å². The van der Waals surface area contributed by atoms with Gasteiger partial charge in [0.1, 0.15) is 0 Å². The Hall–Kier alpha value is -4.06. The molecule has 0 radical (unpaired) electrons. The molecule has 0 heterocycles. The van der Waals surface area contributed by atoms with Gasteiger partial charge in [0.25, 0.3) is 0 Å². The molecule has 0 aliphatic carbocycles. The van der Waals surface area contributed by atoms with Gasteiger partial charge in [0.15, 0.2) is 23.0 Å². The topological polar surface area (TPSA) is 55.4 Å². The number of rotatable bonds is 18. The monoisotopic (exact) mass is 616 g/mol. The van der Waals surface area contributed by atoms with Crippen molar-refractivity contribution in [2.45, 2.75) is 78.9 Å². The Morgan fingerprint density at radius 2 is 0.956 bits per heavy atom. The van der Waals surface area contributed by atoms with E-state index in [2.05, 4.69) is 70.2 Å². The lowest BCUT2D eigenvalue weighted by Gasteiger charge is -2.26. The SMILES string of the molecule is CCCCC(CC)C(C)Oc1c(OC)cc(/C=C/c2ccc(/C=C/c3cc(OC)c(OC(C)CC)c(OC)c3)cc2)cc1OC. The molecule has 0 amide bonds. The first-order valence-corrected chi connectivity index (χ1v) is 16.1. The third kappa shape index (κ3) is 9.97. The summed E-state index contributed by atoms with van der Waals surface area (Å²) in [6.07, 6.45) is 13.9. The maximum atomic E-state index is 6.44. The van der Waals surface area contributed by atoms with Crippen molar-refractivity contribution in [3.05, 3.63) is 70.8 Å². The molecule has 6 heteroatoms. The van der Waals surface area contributed by atoms with E-state index in [9.17, 15) is 0 Å². The number of hydrogen-bond donors (Lipinski definition) is 0. The molecule has 0 aliphatic rings. The molecule has 0 N–H and O–H groups in total. The summed E-state index contributed by atoms with van der Waals surface area (Å²) in [4.78, 5) is 0.